The molecule has 1 heterocycles. The number of rotatable bonds is 6. The smallest absolute Gasteiger partial charge is 0.251 e. The normalized spacial score (nSPS) is 10.5. The molecule has 25 heavy (non-hydrogen) atoms. The molecular weight excluding hydrogens is 318 g/mol. The number of hydrogen-bond acceptors (Lipinski definition) is 5. The van der Waals surface area contributed by atoms with Crippen molar-refractivity contribution in [3.63, 3.8) is 0 Å². The number of methoxy groups -OCH3 is 1. The van der Waals surface area contributed by atoms with Crippen molar-refractivity contribution in [1.29, 1.82) is 0 Å². The van der Waals surface area contributed by atoms with Crippen LogP contribution in [-0.4, -0.2) is 39.8 Å². The van der Waals surface area contributed by atoms with Crippen molar-refractivity contribution in [1.82, 2.24) is 25.5 Å². The number of carbonyl (C=O) groups is 1. The molecule has 0 saturated heterocycles. The van der Waals surface area contributed by atoms with Crippen LogP contribution < -0.4 is 10.1 Å². The number of nitrogens with zero attached hydrogens (tertiary/aromatic N) is 4. The van der Waals surface area contributed by atoms with Crippen LogP contribution in [0.5, 0.6) is 5.75 Å². The van der Waals surface area contributed by atoms with E-state index in [1.807, 2.05) is 36.4 Å². The predicted octanol–water partition coefficient (Wildman–Crippen LogP) is 1.86. The lowest BCUT2D eigenvalue weighted by Gasteiger charge is -2.07. The third kappa shape index (κ3) is 4.00. The molecule has 3 aromatic rings. The zero-order chi connectivity index (χ0) is 17.6. The van der Waals surface area contributed by atoms with E-state index in [9.17, 15) is 4.79 Å². The van der Waals surface area contributed by atoms with Crippen molar-refractivity contribution < 1.29 is 9.53 Å². The third-order valence-electron chi connectivity index (χ3n) is 3.86. The molecule has 1 N–H and O–H groups in total. The summed E-state index contributed by atoms with van der Waals surface area (Å²) in [5.74, 6) is 1.32. The molecule has 1 amide bonds. The minimum absolute atomic E-state index is 0.120. The molecule has 3 rings (SSSR count). The van der Waals surface area contributed by atoms with Crippen LogP contribution in [0.1, 0.15) is 15.9 Å². The van der Waals surface area contributed by atoms with Gasteiger partial charge in [-0.05, 0) is 46.7 Å². The number of tetrazole rings is 1. The van der Waals surface area contributed by atoms with Gasteiger partial charge in [0.05, 0.1) is 7.11 Å². The first-order chi connectivity index (χ1) is 12.2. The van der Waals surface area contributed by atoms with E-state index < -0.39 is 0 Å². The summed E-state index contributed by atoms with van der Waals surface area (Å²) in [5.41, 5.74) is 2.52. The van der Waals surface area contributed by atoms with E-state index in [-0.39, 0.29) is 5.91 Å². The summed E-state index contributed by atoms with van der Waals surface area (Å²) in [5, 5.41) is 14.3. The average Bonchev–Trinajstić information content (AvgIpc) is 3.08. The average molecular weight is 337 g/mol. The maximum atomic E-state index is 12.4. The Morgan fingerprint density at radius 1 is 1.20 bits per heavy atom. The van der Waals surface area contributed by atoms with Crippen LogP contribution in [0.4, 0.5) is 0 Å². The molecule has 0 spiro atoms. The summed E-state index contributed by atoms with van der Waals surface area (Å²) in [6, 6.07) is 15.1. The van der Waals surface area contributed by atoms with E-state index in [1.165, 1.54) is 0 Å². The van der Waals surface area contributed by atoms with Gasteiger partial charge in [-0.3, -0.25) is 4.79 Å². The number of aromatic nitrogens is 4. The largest absolute Gasteiger partial charge is 0.497 e. The van der Waals surface area contributed by atoms with Crippen LogP contribution in [0, 0.1) is 0 Å². The molecule has 1 aromatic heterocycles. The van der Waals surface area contributed by atoms with Crippen LogP contribution in [0.25, 0.3) is 11.4 Å². The molecule has 0 aliphatic carbocycles. The van der Waals surface area contributed by atoms with Crippen LogP contribution in [0.2, 0.25) is 0 Å². The first-order valence-electron chi connectivity index (χ1n) is 7.91. The Balaban J connectivity index is 1.60. The van der Waals surface area contributed by atoms with Gasteiger partial charge in [0.25, 0.3) is 5.91 Å². The van der Waals surface area contributed by atoms with E-state index in [0.717, 1.165) is 23.3 Å². The summed E-state index contributed by atoms with van der Waals surface area (Å²) in [6.07, 6.45) is 0.753. The topological polar surface area (TPSA) is 81.9 Å². The lowest BCUT2D eigenvalue weighted by atomic mass is 10.1. The van der Waals surface area contributed by atoms with Crippen molar-refractivity contribution in [3.8, 4) is 17.1 Å². The standard InChI is InChI=1S/C18H19N5O2/c1-23-17(20-21-22-23)14-4-3-5-15(12-14)18(24)19-11-10-13-6-8-16(25-2)9-7-13/h3-9,12H,10-11H2,1-2H3,(H,19,24). The second-order valence-electron chi connectivity index (χ2n) is 5.56. The van der Waals surface area contributed by atoms with Crippen molar-refractivity contribution in [2.24, 2.45) is 7.05 Å². The van der Waals surface area contributed by atoms with E-state index >= 15 is 0 Å². The van der Waals surface area contributed by atoms with E-state index in [2.05, 4.69) is 20.8 Å². The second kappa shape index (κ2) is 7.57. The highest BCUT2D eigenvalue weighted by atomic mass is 16.5. The fourth-order valence-electron chi connectivity index (χ4n) is 2.49. The summed E-state index contributed by atoms with van der Waals surface area (Å²) in [4.78, 5) is 12.4. The third-order valence-corrected chi connectivity index (χ3v) is 3.86. The minimum Gasteiger partial charge on any atom is -0.497 e. The number of amides is 1. The SMILES string of the molecule is COc1ccc(CCNC(=O)c2cccc(-c3nnnn3C)c2)cc1. The molecular formula is C18H19N5O2. The highest BCUT2D eigenvalue weighted by Crippen LogP contribution is 2.16. The van der Waals surface area contributed by atoms with Crippen LogP contribution in [0.3, 0.4) is 0 Å². The molecule has 0 unspecified atom stereocenters. The monoisotopic (exact) mass is 337 g/mol. The fraction of sp³-hybridized carbons (Fsp3) is 0.222. The van der Waals surface area contributed by atoms with Gasteiger partial charge in [-0.25, -0.2) is 4.68 Å². The molecule has 7 heteroatoms. The summed E-state index contributed by atoms with van der Waals surface area (Å²) < 4.78 is 6.70. The van der Waals surface area contributed by atoms with Gasteiger partial charge in [-0.1, -0.05) is 24.3 Å². The van der Waals surface area contributed by atoms with Crippen LogP contribution in [0.15, 0.2) is 48.5 Å². The van der Waals surface area contributed by atoms with Crippen LogP contribution in [-0.2, 0) is 13.5 Å². The summed E-state index contributed by atoms with van der Waals surface area (Å²) in [7, 11) is 3.40. The quantitative estimate of drug-likeness (QED) is 0.742. The fourth-order valence-corrected chi connectivity index (χ4v) is 2.49. The molecule has 2 aromatic carbocycles. The van der Waals surface area contributed by atoms with Crippen molar-refractivity contribution in [2.75, 3.05) is 13.7 Å². The number of nitrogens with one attached hydrogen (secondary N) is 1. The van der Waals surface area contributed by atoms with E-state index in [0.29, 0.717) is 17.9 Å². The molecule has 0 aliphatic heterocycles. The predicted molar refractivity (Wildman–Crippen MR) is 93.3 cm³/mol. The first-order valence-corrected chi connectivity index (χ1v) is 7.91. The van der Waals surface area contributed by atoms with Gasteiger partial charge in [0, 0.05) is 24.7 Å². The maximum Gasteiger partial charge on any atom is 0.251 e. The van der Waals surface area contributed by atoms with Gasteiger partial charge in [0.2, 0.25) is 0 Å². The van der Waals surface area contributed by atoms with Gasteiger partial charge in [0.15, 0.2) is 5.82 Å². The highest BCUT2D eigenvalue weighted by Gasteiger charge is 2.10. The zero-order valence-corrected chi connectivity index (χ0v) is 14.1. The van der Waals surface area contributed by atoms with Crippen LogP contribution >= 0.6 is 0 Å². The molecule has 7 nitrogen and oxygen atoms in total. The Labute approximate surface area is 145 Å². The molecule has 0 bridgehead atoms. The Bertz CT molecular complexity index is 858. The van der Waals surface area contributed by atoms with Crippen molar-refractivity contribution in [3.05, 3.63) is 59.7 Å². The Hall–Kier alpha value is -3.22. The number of benzene rings is 2. The molecule has 0 fully saturated rings. The maximum absolute atomic E-state index is 12.4. The Morgan fingerprint density at radius 3 is 2.68 bits per heavy atom. The number of hydrogen-bond donors (Lipinski definition) is 1. The van der Waals surface area contributed by atoms with Gasteiger partial charge in [0.1, 0.15) is 5.75 Å². The number of ether oxygens (including phenoxy) is 1. The van der Waals surface area contributed by atoms with E-state index in [4.69, 9.17) is 4.74 Å². The summed E-state index contributed by atoms with van der Waals surface area (Å²) in [6.45, 7) is 0.556. The lowest BCUT2D eigenvalue weighted by Crippen LogP contribution is -2.25. The highest BCUT2D eigenvalue weighted by molar-refractivity contribution is 5.95. The van der Waals surface area contributed by atoms with Crippen molar-refractivity contribution >= 4 is 5.91 Å². The lowest BCUT2D eigenvalue weighted by molar-refractivity contribution is 0.0954. The molecule has 0 aliphatic rings. The molecule has 0 radical (unpaired) electrons. The number of aryl methyl sites for hydroxylation is 1. The second-order valence-corrected chi connectivity index (χ2v) is 5.56. The minimum atomic E-state index is -0.120. The van der Waals surface area contributed by atoms with Gasteiger partial charge >= 0.3 is 0 Å². The molecule has 0 atom stereocenters. The Kier molecular flexibility index (Phi) is 5.03. The van der Waals surface area contributed by atoms with Gasteiger partial charge in [-0.2, -0.15) is 0 Å². The zero-order valence-electron chi connectivity index (χ0n) is 14.1. The molecule has 128 valence electrons. The first kappa shape index (κ1) is 16.6. The summed E-state index contributed by atoms with van der Waals surface area (Å²) >= 11 is 0. The van der Waals surface area contributed by atoms with Gasteiger partial charge < -0.3 is 10.1 Å². The molecule has 0 saturated carbocycles. The van der Waals surface area contributed by atoms with Crippen molar-refractivity contribution in [2.45, 2.75) is 6.42 Å². The number of carbonyl (C=O) groups excluding carboxylic acids is 1. The van der Waals surface area contributed by atoms with E-state index in [1.54, 1.807) is 31.0 Å². The Morgan fingerprint density at radius 2 is 2.00 bits per heavy atom. The van der Waals surface area contributed by atoms with Gasteiger partial charge in [-0.15, -0.1) is 5.10 Å².